The number of amides is 2. The van der Waals surface area contributed by atoms with Gasteiger partial charge in [0, 0.05) is 44.0 Å². The standard InChI is InChI=1S/C17H17F3N4O2/c1-3-4-5-16(23-24-16)6-7-21-15(26)12-8-13(17(18,19)20)10-14(9-12)22-11(2)25/h1,8-10H,4-7H2,2H3,(H,21,26)(H,22,25). The van der Waals surface area contributed by atoms with Crippen molar-refractivity contribution in [2.75, 3.05) is 11.9 Å². The molecule has 1 heterocycles. The third kappa shape index (κ3) is 5.31. The second-order valence-electron chi connectivity index (χ2n) is 5.87. The highest BCUT2D eigenvalue weighted by molar-refractivity contribution is 5.97. The fourth-order valence-corrected chi connectivity index (χ4v) is 2.34. The number of benzene rings is 1. The largest absolute Gasteiger partial charge is 0.416 e. The van der Waals surface area contributed by atoms with E-state index < -0.39 is 29.2 Å². The van der Waals surface area contributed by atoms with Gasteiger partial charge in [0.15, 0.2) is 5.66 Å². The lowest BCUT2D eigenvalue weighted by molar-refractivity contribution is -0.137. The van der Waals surface area contributed by atoms with Crippen LogP contribution < -0.4 is 10.6 Å². The lowest BCUT2D eigenvalue weighted by Gasteiger charge is -2.13. The van der Waals surface area contributed by atoms with E-state index in [4.69, 9.17) is 6.42 Å². The Morgan fingerprint density at radius 3 is 2.46 bits per heavy atom. The number of carbonyl (C=O) groups excluding carboxylic acids is 2. The van der Waals surface area contributed by atoms with Crippen molar-refractivity contribution in [1.82, 2.24) is 5.32 Å². The quantitative estimate of drug-likeness (QED) is 0.726. The molecule has 0 unspecified atom stereocenters. The van der Waals surface area contributed by atoms with E-state index in [1.807, 2.05) is 0 Å². The Morgan fingerprint density at radius 2 is 1.92 bits per heavy atom. The first-order chi connectivity index (χ1) is 12.1. The highest BCUT2D eigenvalue weighted by Crippen LogP contribution is 2.36. The molecule has 1 aliphatic heterocycles. The van der Waals surface area contributed by atoms with Crippen LogP contribution in [-0.4, -0.2) is 24.0 Å². The van der Waals surface area contributed by atoms with E-state index in [9.17, 15) is 22.8 Å². The SMILES string of the molecule is C#CCCC1(CCNC(=O)c2cc(NC(C)=O)cc(C(F)(F)F)c2)N=N1. The lowest BCUT2D eigenvalue weighted by atomic mass is 10.0. The molecule has 0 atom stereocenters. The van der Waals surface area contributed by atoms with Gasteiger partial charge in [0.05, 0.1) is 5.56 Å². The van der Waals surface area contributed by atoms with Gasteiger partial charge in [-0.05, 0) is 18.2 Å². The molecule has 0 radical (unpaired) electrons. The van der Waals surface area contributed by atoms with Crippen LogP contribution in [0.3, 0.4) is 0 Å². The van der Waals surface area contributed by atoms with Crippen molar-refractivity contribution in [3.63, 3.8) is 0 Å². The molecule has 0 saturated carbocycles. The molecule has 138 valence electrons. The molecule has 9 heteroatoms. The van der Waals surface area contributed by atoms with Gasteiger partial charge in [-0.3, -0.25) is 9.59 Å². The molecule has 0 aliphatic carbocycles. The van der Waals surface area contributed by atoms with Gasteiger partial charge in [0.25, 0.3) is 5.91 Å². The number of halogens is 3. The third-order valence-electron chi connectivity index (χ3n) is 3.71. The maximum atomic E-state index is 13.0. The maximum Gasteiger partial charge on any atom is 0.416 e. The smallest absolute Gasteiger partial charge is 0.352 e. The fourth-order valence-electron chi connectivity index (χ4n) is 2.34. The summed E-state index contributed by atoms with van der Waals surface area (Å²) in [7, 11) is 0. The van der Waals surface area contributed by atoms with Gasteiger partial charge in [0.2, 0.25) is 5.91 Å². The Bertz CT molecular complexity index is 775. The van der Waals surface area contributed by atoms with Crippen molar-refractivity contribution in [1.29, 1.82) is 0 Å². The Morgan fingerprint density at radius 1 is 1.23 bits per heavy atom. The number of hydrogen-bond acceptors (Lipinski definition) is 4. The third-order valence-corrected chi connectivity index (χ3v) is 3.71. The number of rotatable bonds is 7. The van der Waals surface area contributed by atoms with E-state index in [2.05, 4.69) is 26.8 Å². The summed E-state index contributed by atoms with van der Waals surface area (Å²) in [6, 6.07) is 2.70. The van der Waals surface area contributed by atoms with Crippen molar-refractivity contribution in [2.45, 2.75) is 38.0 Å². The molecule has 1 aromatic carbocycles. The molecule has 6 nitrogen and oxygen atoms in total. The first-order valence-corrected chi connectivity index (χ1v) is 7.81. The zero-order valence-corrected chi connectivity index (χ0v) is 14.0. The van der Waals surface area contributed by atoms with Crippen LogP contribution in [0.1, 0.15) is 42.1 Å². The Labute approximate surface area is 148 Å². The summed E-state index contributed by atoms with van der Waals surface area (Å²) in [5.41, 5.74) is -1.91. The highest BCUT2D eigenvalue weighted by atomic mass is 19.4. The minimum Gasteiger partial charge on any atom is -0.352 e. The molecular weight excluding hydrogens is 349 g/mol. The zero-order valence-electron chi connectivity index (χ0n) is 14.0. The lowest BCUT2D eigenvalue weighted by Crippen LogP contribution is -2.28. The van der Waals surface area contributed by atoms with Crippen LogP contribution in [-0.2, 0) is 11.0 Å². The van der Waals surface area contributed by atoms with Gasteiger partial charge in [-0.25, -0.2) is 0 Å². The summed E-state index contributed by atoms with van der Waals surface area (Å²) in [5, 5.41) is 12.6. The first-order valence-electron chi connectivity index (χ1n) is 7.81. The molecule has 0 spiro atoms. The van der Waals surface area contributed by atoms with E-state index in [1.54, 1.807) is 0 Å². The average molecular weight is 366 g/mol. The van der Waals surface area contributed by atoms with Crippen LogP contribution >= 0.6 is 0 Å². The van der Waals surface area contributed by atoms with E-state index >= 15 is 0 Å². The molecule has 0 aromatic heterocycles. The topological polar surface area (TPSA) is 82.9 Å². The van der Waals surface area contributed by atoms with Crippen LogP contribution in [0.2, 0.25) is 0 Å². The van der Waals surface area contributed by atoms with Crippen LogP contribution in [0.4, 0.5) is 18.9 Å². The predicted octanol–water partition coefficient (Wildman–Crippen LogP) is 3.36. The van der Waals surface area contributed by atoms with Crippen molar-refractivity contribution in [2.24, 2.45) is 10.2 Å². The van der Waals surface area contributed by atoms with Gasteiger partial charge in [0.1, 0.15) is 0 Å². The van der Waals surface area contributed by atoms with Crippen LogP contribution in [0.25, 0.3) is 0 Å². The summed E-state index contributed by atoms with van der Waals surface area (Å²) in [6.45, 7) is 1.35. The fraction of sp³-hybridized carbons (Fsp3) is 0.412. The first kappa shape index (κ1) is 19.4. The minimum atomic E-state index is -4.64. The number of nitrogens with one attached hydrogen (secondary N) is 2. The van der Waals surface area contributed by atoms with Crippen molar-refractivity contribution < 1.29 is 22.8 Å². The van der Waals surface area contributed by atoms with Crippen LogP contribution in [0.5, 0.6) is 0 Å². The van der Waals surface area contributed by atoms with Gasteiger partial charge < -0.3 is 10.6 Å². The molecule has 2 N–H and O–H groups in total. The number of hydrogen-bond donors (Lipinski definition) is 2. The van der Waals surface area contributed by atoms with Crippen molar-refractivity contribution >= 4 is 17.5 Å². The van der Waals surface area contributed by atoms with E-state index in [0.29, 0.717) is 19.3 Å². The average Bonchev–Trinajstić information content (AvgIpc) is 3.31. The summed E-state index contributed by atoms with van der Waals surface area (Å²) in [4.78, 5) is 23.3. The number of alkyl halides is 3. The molecule has 26 heavy (non-hydrogen) atoms. The van der Waals surface area contributed by atoms with Gasteiger partial charge in [-0.2, -0.15) is 23.4 Å². The van der Waals surface area contributed by atoms with Gasteiger partial charge in [-0.15, -0.1) is 12.3 Å². The molecule has 0 saturated heterocycles. The number of terminal acetylenes is 1. The second kappa shape index (κ2) is 7.56. The van der Waals surface area contributed by atoms with Crippen molar-refractivity contribution in [3.8, 4) is 12.3 Å². The molecule has 0 fully saturated rings. The van der Waals surface area contributed by atoms with Crippen molar-refractivity contribution in [3.05, 3.63) is 29.3 Å². The van der Waals surface area contributed by atoms with Gasteiger partial charge in [-0.1, -0.05) is 0 Å². The number of carbonyl (C=O) groups is 2. The van der Waals surface area contributed by atoms with Gasteiger partial charge >= 0.3 is 6.18 Å². The summed E-state index contributed by atoms with van der Waals surface area (Å²) in [5.74, 6) is 1.26. The highest BCUT2D eigenvalue weighted by Gasteiger charge is 2.38. The van der Waals surface area contributed by atoms with E-state index in [1.165, 1.54) is 6.07 Å². The molecule has 1 aromatic rings. The number of nitrogens with zero attached hydrogens (tertiary/aromatic N) is 2. The van der Waals surface area contributed by atoms with Crippen LogP contribution in [0, 0.1) is 12.3 Å². The summed E-state index contributed by atoms with van der Waals surface area (Å²) < 4.78 is 39.0. The molecule has 0 bridgehead atoms. The van der Waals surface area contributed by atoms with E-state index in [-0.39, 0.29) is 17.8 Å². The molecule has 2 amide bonds. The Hall–Kier alpha value is -2.89. The summed E-state index contributed by atoms with van der Waals surface area (Å²) in [6.07, 6.45) is 2.02. The summed E-state index contributed by atoms with van der Waals surface area (Å²) >= 11 is 0. The zero-order chi connectivity index (χ0) is 19.4. The maximum absolute atomic E-state index is 13.0. The monoisotopic (exact) mass is 366 g/mol. The minimum absolute atomic E-state index is 0.102. The molecule has 2 rings (SSSR count). The van der Waals surface area contributed by atoms with E-state index in [0.717, 1.165) is 19.1 Å². The van der Waals surface area contributed by atoms with Crippen LogP contribution in [0.15, 0.2) is 28.4 Å². The Balaban J connectivity index is 2.05. The Kier molecular flexibility index (Phi) is 5.65. The molecule has 1 aliphatic rings. The normalized spacial score (nSPS) is 14.4. The second-order valence-corrected chi connectivity index (χ2v) is 5.87. The predicted molar refractivity (Wildman–Crippen MR) is 88.4 cm³/mol. The number of anilines is 1. The molecular formula is C17H17F3N4O2.